The van der Waals surface area contributed by atoms with Crippen LogP contribution in [0.5, 0.6) is 0 Å². The summed E-state index contributed by atoms with van der Waals surface area (Å²) in [5.74, 6) is 0.364. The van der Waals surface area contributed by atoms with Gasteiger partial charge in [0.05, 0.1) is 0 Å². The summed E-state index contributed by atoms with van der Waals surface area (Å²) in [6.07, 6.45) is 7.17. The lowest BCUT2D eigenvalue weighted by Gasteiger charge is -2.32. The fraction of sp³-hybridized carbons (Fsp3) is 1.00. The van der Waals surface area contributed by atoms with Gasteiger partial charge in [-0.3, -0.25) is 0 Å². The highest BCUT2D eigenvalue weighted by Crippen LogP contribution is 2.36. The average molecular weight is 306 g/mol. The number of hydrogen-bond acceptors (Lipinski definition) is 5. The molecule has 0 aliphatic rings. The molecule has 0 saturated carbocycles. The molecule has 5 heteroatoms. The lowest BCUT2D eigenvalue weighted by Crippen LogP contribution is -2.25. The molecule has 0 saturated heterocycles. The minimum Gasteiger partial charge on any atom is -0.396 e. The molecule has 0 atom stereocenters. The van der Waals surface area contributed by atoms with Crippen molar-refractivity contribution in [1.82, 2.24) is 0 Å². The summed E-state index contributed by atoms with van der Waals surface area (Å²) in [6, 6.07) is 0. The summed E-state index contributed by atoms with van der Waals surface area (Å²) < 4.78 is 0. The van der Waals surface area contributed by atoms with Crippen molar-refractivity contribution in [2.24, 2.45) is 11.3 Å². The summed E-state index contributed by atoms with van der Waals surface area (Å²) in [6.45, 7) is 0.565. The van der Waals surface area contributed by atoms with E-state index in [0.717, 1.165) is 38.5 Å². The molecule has 0 aliphatic heterocycles. The molecule has 0 heterocycles. The van der Waals surface area contributed by atoms with Crippen LogP contribution in [0.1, 0.15) is 57.8 Å². The van der Waals surface area contributed by atoms with Crippen LogP contribution in [0.15, 0.2) is 0 Å². The number of unbranched alkanes of at least 4 members (excludes halogenated alkanes) is 1. The molecule has 128 valence electrons. The highest BCUT2D eigenvalue weighted by Gasteiger charge is 2.28. The van der Waals surface area contributed by atoms with Crippen LogP contribution in [0.2, 0.25) is 0 Å². The van der Waals surface area contributed by atoms with E-state index in [1.807, 2.05) is 0 Å². The third kappa shape index (κ3) is 9.42. The summed E-state index contributed by atoms with van der Waals surface area (Å²) in [5.41, 5.74) is -0.165. The smallest absolute Gasteiger partial charge is 0.0436 e. The molecular formula is C16H34O5. The number of rotatable bonds is 15. The van der Waals surface area contributed by atoms with Gasteiger partial charge in [0.25, 0.3) is 0 Å². The molecule has 0 rings (SSSR count). The Balaban J connectivity index is 4.21. The zero-order valence-corrected chi connectivity index (χ0v) is 13.2. The Hall–Kier alpha value is -0.200. The Morgan fingerprint density at radius 1 is 0.524 bits per heavy atom. The van der Waals surface area contributed by atoms with Gasteiger partial charge in [-0.2, -0.15) is 0 Å². The molecule has 0 aliphatic carbocycles. The van der Waals surface area contributed by atoms with E-state index in [0.29, 0.717) is 25.2 Å². The maximum absolute atomic E-state index is 9.22. The van der Waals surface area contributed by atoms with E-state index in [4.69, 9.17) is 10.2 Å². The number of aliphatic hydroxyl groups excluding tert-OH is 5. The zero-order chi connectivity index (χ0) is 16.0. The van der Waals surface area contributed by atoms with E-state index in [1.54, 1.807) is 0 Å². The molecule has 0 unspecified atom stereocenters. The maximum Gasteiger partial charge on any atom is 0.0436 e. The quantitative estimate of drug-likeness (QED) is 0.291. The molecule has 0 spiro atoms. The third-order valence-corrected chi connectivity index (χ3v) is 4.57. The van der Waals surface area contributed by atoms with Crippen molar-refractivity contribution in [3.8, 4) is 0 Å². The fourth-order valence-electron chi connectivity index (χ4n) is 3.19. The zero-order valence-electron chi connectivity index (χ0n) is 13.2. The molecule has 5 N–H and O–H groups in total. The Morgan fingerprint density at radius 3 is 1.38 bits per heavy atom. The first-order valence-corrected chi connectivity index (χ1v) is 8.22. The second-order valence-electron chi connectivity index (χ2n) is 6.06. The second-order valence-corrected chi connectivity index (χ2v) is 6.06. The van der Waals surface area contributed by atoms with E-state index < -0.39 is 0 Å². The van der Waals surface area contributed by atoms with Crippen LogP contribution in [0.3, 0.4) is 0 Å². The lowest BCUT2D eigenvalue weighted by atomic mass is 9.74. The Labute approximate surface area is 128 Å². The van der Waals surface area contributed by atoms with Crippen LogP contribution in [-0.4, -0.2) is 58.6 Å². The van der Waals surface area contributed by atoms with Crippen molar-refractivity contribution in [3.05, 3.63) is 0 Å². The fourth-order valence-corrected chi connectivity index (χ4v) is 3.19. The Bertz CT molecular complexity index is 200. The normalized spacial score (nSPS) is 12.3. The highest BCUT2D eigenvalue weighted by atomic mass is 16.3. The maximum atomic E-state index is 9.22. The van der Waals surface area contributed by atoms with E-state index in [9.17, 15) is 15.3 Å². The first kappa shape index (κ1) is 20.8. The number of hydrogen-bond donors (Lipinski definition) is 5. The molecular weight excluding hydrogens is 272 g/mol. The molecule has 0 radical (unpaired) electrons. The van der Waals surface area contributed by atoms with Gasteiger partial charge in [0, 0.05) is 33.0 Å². The van der Waals surface area contributed by atoms with Gasteiger partial charge in [-0.05, 0) is 49.9 Å². The van der Waals surface area contributed by atoms with Crippen molar-refractivity contribution in [3.63, 3.8) is 0 Å². The van der Waals surface area contributed by atoms with Gasteiger partial charge in [0.1, 0.15) is 0 Å². The SMILES string of the molecule is OCCC(CCO)CCCCC(CCO)(CCO)CCO. The summed E-state index contributed by atoms with van der Waals surface area (Å²) in [5, 5.41) is 45.7. The standard InChI is InChI=1S/C16H34O5/c17-10-4-15(5-11-18)3-1-2-6-16(7-12-19,8-13-20)9-14-21/h15,17-21H,1-14H2. The van der Waals surface area contributed by atoms with Crippen LogP contribution < -0.4 is 0 Å². The predicted octanol–water partition coefficient (Wildman–Crippen LogP) is 1.06. The van der Waals surface area contributed by atoms with Crippen LogP contribution in [0.4, 0.5) is 0 Å². The molecule has 0 amide bonds. The third-order valence-electron chi connectivity index (χ3n) is 4.57. The summed E-state index contributed by atoms with van der Waals surface area (Å²) in [4.78, 5) is 0. The molecule has 0 bridgehead atoms. The molecule has 0 aromatic rings. The van der Waals surface area contributed by atoms with Gasteiger partial charge < -0.3 is 25.5 Å². The van der Waals surface area contributed by atoms with Gasteiger partial charge in [-0.1, -0.05) is 19.3 Å². The molecule has 21 heavy (non-hydrogen) atoms. The lowest BCUT2D eigenvalue weighted by molar-refractivity contribution is 0.0878. The number of aliphatic hydroxyl groups is 5. The highest BCUT2D eigenvalue weighted by molar-refractivity contribution is 4.79. The van der Waals surface area contributed by atoms with Gasteiger partial charge in [0.15, 0.2) is 0 Å². The molecule has 5 nitrogen and oxygen atoms in total. The summed E-state index contributed by atoms with van der Waals surface area (Å²) >= 11 is 0. The van der Waals surface area contributed by atoms with Gasteiger partial charge in [-0.25, -0.2) is 0 Å². The van der Waals surface area contributed by atoms with Crippen LogP contribution >= 0.6 is 0 Å². The second kappa shape index (κ2) is 13.5. The van der Waals surface area contributed by atoms with Crippen molar-refractivity contribution in [2.75, 3.05) is 33.0 Å². The first-order chi connectivity index (χ1) is 10.2. The van der Waals surface area contributed by atoms with E-state index in [1.165, 1.54) is 0 Å². The van der Waals surface area contributed by atoms with Crippen LogP contribution in [-0.2, 0) is 0 Å². The van der Waals surface area contributed by atoms with Crippen molar-refractivity contribution in [2.45, 2.75) is 57.8 Å². The molecule has 0 fully saturated rings. The van der Waals surface area contributed by atoms with Crippen LogP contribution in [0, 0.1) is 11.3 Å². The van der Waals surface area contributed by atoms with Gasteiger partial charge >= 0.3 is 0 Å². The van der Waals surface area contributed by atoms with E-state index in [2.05, 4.69) is 0 Å². The van der Waals surface area contributed by atoms with Crippen molar-refractivity contribution >= 4 is 0 Å². The van der Waals surface area contributed by atoms with E-state index in [-0.39, 0.29) is 38.4 Å². The Kier molecular flexibility index (Phi) is 13.3. The Morgan fingerprint density at radius 2 is 1.00 bits per heavy atom. The van der Waals surface area contributed by atoms with Gasteiger partial charge in [0.2, 0.25) is 0 Å². The first-order valence-electron chi connectivity index (χ1n) is 8.22. The average Bonchev–Trinajstić information content (AvgIpc) is 2.45. The monoisotopic (exact) mass is 306 g/mol. The van der Waals surface area contributed by atoms with Crippen molar-refractivity contribution < 1.29 is 25.5 Å². The van der Waals surface area contributed by atoms with Crippen LogP contribution in [0.25, 0.3) is 0 Å². The molecule has 0 aromatic carbocycles. The predicted molar refractivity (Wildman–Crippen MR) is 82.9 cm³/mol. The van der Waals surface area contributed by atoms with Crippen molar-refractivity contribution in [1.29, 1.82) is 0 Å². The largest absolute Gasteiger partial charge is 0.396 e. The minimum absolute atomic E-state index is 0.0810. The minimum atomic E-state index is -0.165. The van der Waals surface area contributed by atoms with E-state index >= 15 is 0 Å². The summed E-state index contributed by atoms with van der Waals surface area (Å²) in [7, 11) is 0. The topological polar surface area (TPSA) is 101 Å². The molecule has 0 aromatic heterocycles. The van der Waals surface area contributed by atoms with Gasteiger partial charge in [-0.15, -0.1) is 0 Å².